The first-order chi connectivity index (χ1) is 13.0. The molecule has 0 aliphatic carbocycles. The maximum Gasteiger partial charge on any atom is 0.233 e. The van der Waals surface area contributed by atoms with Crippen LogP contribution in [0, 0.1) is 5.82 Å². The van der Waals surface area contributed by atoms with E-state index in [0.29, 0.717) is 17.5 Å². The highest BCUT2D eigenvalue weighted by molar-refractivity contribution is 8.00. The summed E-state index contributed by atoms with van der Waals surface area (Å²) in [5.41, 5.74) is 3.07. The Morgan fingerprint density at radius 3 is 2.48 bits per heavy atom. The van der Waals surface area contributed by atoms with Gasteiger partial charge in [0.05, 0.1) is 5.25 Å². The predicted molar refractivity (Wildman–Crippen MR) is 105 cm³/mol. The summed E-state index contributed by atoms with van der Waals surface area (Å²) in [7, 11) is 0. The second kappa shape index (κ2) is 8.81. The molecule has 1 amide bonds. The minimum Gasteiger partial charge on any atom is -0.351 e. The van der Waals surface area contributed by atoms with E-state index < -0.39 is 0 Å². The SMILES string of the molecule is CCc1ccc(-c2nc(S[C@H](C)C(=O)NCc3ccc(F)cc3)n[nH]2)cc1. The zero-order valence-corrected chi connectivity index (χ0v) is 16.0. The largest absolute Gasteiger partial charge is 0.351 e. The van der Waals surface area contributed by atoms with Crippen molar-refractivity contribution in [1.82, 2.24) is 20.5 Å². The smallest absolute Gasteiger partial charge is 0.233 e. The molecule has 1 aromatic heterocycles. The first-order valence-electron chi connectivity index (χ1n) is 8.75. The normalized spacial score (nSPS) is 12.0. The standard InChI is InChI=1S/C20H21FN4OS/c1-3-14-4-8-16(9-5-14)18-23-20(25-24-18)27-13(2)19(26)22-12-15-6-10-17(21)11-7-15/h4-11,13H,3,12H2,1-2H3,(H,22,26)(H,23,24,25)/t13-/m1/s1. The van der Waals surface area contributed by atoms with Crippen LogP contribution >= 0.6 is 11.8 Å². The van der Waals surface area contributed by atoms with E-state index in [0.717, 1.165) is 17.5 Å². The zero-order valence-electron chi connectivity index (χ0n) is 15.2. The fourth-order valence-corrected chi connectivity index (χ4v) is 3.22. The molecule has 0 unspecified atom stereocenters. The van der Waals surface area contributed by atoms with Gasteiger partial charge in [0.2, 0.25) is 11.1 Å². The molecular weight excluding hydrogens is 363 g/mol. The zero-order chi connectivity index (χ0) is 19.2. The Morgan fingerprint density at radius 2 is 1.81 bits per heavy atom. The highest BCUT2D eigenvalue weighted by Crippen LogP contribution is 2.23. The van der Waals surface area contributed by atoms with Crippen molar-refractivity contribution in [2.75, 3.05) is 0 Å². The van der Waals surface area contributed by atoms with Crippen LogP contribution in [0.25, 0.3) is 11.4 Å². The van der Waals surface area contributed by atoms with Gasteiger partial charge in [-0.25, -0.2) is 9.37 Å². The number of hydrogen-bond acceptors (Lipinski definition) is 4. The molecule has 3 rings (SSSR count). The van der Waals surface area contributed by atoms with Crippen molar-refractivity contribution in [3.63, 3.8) is 0 Å². The Balaban J connectivity index is 1.55. The van der Waals surface area contributed by atoms with Crippen molar-refractivity contribution in [1.29, 1.82) is 0 Å². The fraction of sp³-hybridized carbons (Fsp3) is 0.250. The molecule has 2 N–H and O–H groups in total. The molecule has 7 heteroatoms. The summed E-state index contributed by atoms with van der Waals surface area (Å²) in [6.45, 7) is 4.27. The maximum absolute atomic E-state index is 12.9. The van der Waals surface area contributed by atoms with E-state index in [2.05, 4.69) is 39.6 Å². The highest BCUT2D eigenvalue weighted by atomic mass is 32.2. The molecule has 5 nitrogen and oxygen atoms in total. The molecule has 0 saturated heterocycles. The van der Waals surface area contributed by atoms with E-state index in [1.54, 1.807) is 19.1 Å². The summed E-state index contributed by atoms with van der Waals surface area (Å²) >= 11 is 1.29. The van der Waals surface area contributed by atoms with Crippen LogP contribution < -0.4 is 5.32 Å². The fourth-order valence-electron chi connectivity index (χ4n) is 2.47. The number of carbonyl (C=O) groups excluding carboxylic acids is 1. The molecule has 1 atom stereocenters. The first-order valence-corrected chi connectivity index (χ1v) is 9.63. The summed E-state index contributed by atoms with van der Waals surface area (Å²) in [5.74, 6) is 0.265. The molecule has 140 valence electrons. The Labute approximate surface area is 161 Å². The molecule has 0 aliphatic heterocycles. The van der Waals surface area contributed by atoms with Crippen LogP contribution in [0.2, 0.25) is 0 Å². The number of aryl methyl sites for hydroxylation is 1. The Hall–Kier alpha value is -2.67. The van der Waals surface area contributed by atoms with Crippen molar-refractivity contribution >= 4 is 17.7 Å². The third-order valence-electron chi connectivity index (χ3n) is 4.13. The molecule has 0 aliphatic rings. The van der Waals surface area contributed by atoms with Crippen molar-refractivity contribution in [3.05, 3.63) is 65.5 Å². The van der Waals surface area contributed by atoms with E-state index in [1.165, 1.54) is 29.5 Å². The van der Waals surface area contributed by atoms with Crippen molar-refractivity contribution in [2.45, 2.75) is 37.2 Å². The van der Waals surface area contributed by atoms with Crippen molar-refractivity contribution in [3.8, 4) is 11.4 Å². The second-order valence-electron chi connectivity index (χ2n) is 6.12. The highest BCUT2D eigenvalue weighted by Gasteiger charge is 2.17. The predicted octanol–water partition coefficient (Wildman–Crippen LogP) is 3.97. The maximum atomic E-state index is 12.9. The van der Waals surface area contributed by atoms with Crippen molar-refractivity contribution in [2.24, 2.45) is 0 Å². The van der Waals surface area contributed by atoms with Crippen LogP contribution in [-0.2, 0) is 17.8 Å². The van der Waals surface area contributed by atoms with Gasteiger partial charge in [0.1, 0.15) is 5.82 Å². The lowest BCUT2D eigenvalue weighted by atomic mass is 10.1. The minimum atomic E-state index is -0.350. The number of nitrogens with zero attached hydrogens (tertiary/aromatic N) is 2. The number of rotatable bonds is 7. The molecule has 0 bridgehead atoms. The van der Waals surface area contributed by atoms with E-state index >= 15 is 0 Å². The van der Waals surface area contributed by atoms with Crippen LogP contribution in [-0.4, -0.2) is 26.3 Å². The molecule has 27 heavy (non-hydrogen) atoms. The monoisotopic (exact) mass is 384 g/mol. The van der Waals surface area contributed by atoms with Gasteiger partial charge in [-0.05, 0) is 36.6 Å². The van der Waals surface area contributed by atoms with Crippen molar-refractivity contribution < 1.29 is 9.18 Å². The van der Waals surface area contributed by atoms with E-state index in [1.807, 2.05) is 12.1 Å². The Bertz CT molecular complexity index is 893. The van der Waals surface area contributed by atoms with Gasteiger partial charge >= 0.3 is 0 Å². The summed E-state index contributed by atoms with van der Waals surface area (Å²) in [6, 6.07) is 14.2. The third kappa shape index (κ3) is 5.17. The average Bonchev–Trinajstić information content (AvgIpc) is 3.15. The number of amides is 1. The van der Waals surface area contributed by atoms with Gasteiger partial charge in [-0.3, -0.25) is 9.89 Å². The van der Waals surface area contributed by atoms with Gasteiger partial charge in [0, 0.05) is 12.1 Å². The van der Waals surface area contributed by atoms with Crippen LogP contribution in [0.4, 0.5) is 4.39 Å². The Kier molecular flexibility index (Phi) is 6.24. The van der Waals surface area contributed by atoms with E-state index in [-0.39, 0.29) is 17.0 Å². The van der Waals surface area contributed by atoms with Crippen LogP contribution in [0.15, 0.2) is 53.7 Å². The number of nitrogens with one attached hydrogen (secondary N) is 2. The minimum absolute atomic E-state index is 0.122. The van der Waals surface area contributed by atoms with Crippen LogP contribution in [0.5, 0.6) is 0 Å². The van der Waals surface area contributed by atoms with Gasteiger partial charge in [0.15, 0.2) is 5.82 Å². The molecule has 0 spiro atoms. The van der Waals surface area contributed by atoms with Gasteiger partial charge in [-0.15, -0.1) is 5.10 Å². The number of aromatic nitrogens is 3. The first kappa shape index (κ1) is 19.1. The van der Waals surface area contributed by atoms with Crippen LogP contribution in [0.1, 0.15) is 25.0 Å². The lowest BCUT2D eigenvalue weighted by Crippen LogP contribution is -2.30. The molecule has 2 aromatic carbocycles. The number of halogens is 1. The lowest BCUT2D eigenvalue weighted by Gasteiger charge is -2.10. The number of H-pyrrole nitrogens is 1. The number of thioether (sulfide) groups is 1. The van der Waals surface area contributed by atoms with Gasteiger partial charge < -0.3 is 5.32 Å². The van der Waals surface area contributed by atoms with Gasteiger partial charge in [0.25, 0.3) is 0 Å². The van der Waals surface area contributed by atoms with Gasteiger partial charge in [-0.2, -0.15) is 0 Å². The summed E-state index contributed by atoms with van der Waals surface area (Å²) in [6.07, 6.45) is 0.988. The molecule has 0 saturated carbocycles. The summed E-state index contributed by atoms with van der Waals surface area (Å²) in [4.78, 5) is 16.7. The summed E-state index contributed by atoms with van der Waals surface area (Å²) < 4.78 is 12.9. The number of carbonyl (C=O) groups is 1. The Morgan fingerprint density at radius 1 is 1.15 bits per heavy atom. The molecule has 0 radical (unpaired) electrons. The number of aromatic amines is 1. The van der Waals surface area contributed by atoms with Crippen LogP contribution in [0.3, 0.4) is 0 Å². The topological polar surface area (TPSA) is 70.7 Å². The summed E-state index contributed by atoms with van der Waals surface area (Å²) in [5, 5.41) is 10.1. The number of benzene rings is 2. The molecule has 1 heterocycles. The van der Waals surface area contributed by atoms with E-state index in [9.17, 15) is 9.18 Å². The lowest BCUT2D eigenvalue weighted by molar-refractivity contribution is -0.120. The third-order valence-corrected chi connectivity index (χ3v) is 5.09. The average molecular weight is 384 g/mol. The molecule has 3 aromatic rings. The second-order valence-corrected chi connectivity index (χ2v) is 7.43. The number of hydrogen-bond donors (Lipinski definition) is 2. The molecular formula is C20H21FN4OS. The quantitative estimate of drug-likeness (QED) is 0.605. The van der Waals surface area contributed by atoms with Gasteiger partial charge in [-0.1, -0.05) is 55.1 Å². The molecule has 0 fully saturated rings. The van der Waals surface area contributed by atoms with E-state index in [4.69, 9.17) is 0 Å².